The maximum Gasteiger partial charge on any atom is 0.123 e. The zero-order valence-corrected chi connectivity index (χ0v) is 7.72. The van der Waals surface area contributed by atoms with E-state index in [4.69, 9.17) is 5.73 Å². The van der Waals surface area contributed by atoms with Crippen LogP contribution in [0.2, 0.25) is 0 Å². The second kappa shape index (κ2) is 4.02. The van der Waals surface area contributed by atoms with Gasteiger partial charge in [-0.25, -0.2) is 4.98 Å². The van der Waals surface area contributed by atoms with E-state index in [1.807, 2.05) is 12.1 Å². The summed E-state index contributed by atoms with van der Waals surface area (Å²) >= 11 is 0. The lowest BCUT2D eigenvalue weighted by atomic mass is 10.1. The summed E-state index contributed by atoms with van der Waals surface area (Å²) in [6.07, 6.45) is 7.80. The van der Waals surface area contributed by atoms with E-state index in [1.54, 1.807) is 24.8 Å². The van der Waals surface area contributed by atoms with E-state index in [9.17, 15) is 0 Å². The van der Waals surface area contributed by atoms with Crippen molar-refractivity contribution >= 4 is 0 Å². The quantitative estimate of drug-likeness (QED) is 0.756. The highest BCUT2D eigenvalue weighted by molar-refractivity contribution is 5.13. The third kappa shape index (κ3) is 1.97. The monoisotopic (exact) mass is 188 g/mol. The molecule has 1 atom stereocenters. The van der Waals surface area contributed by atoms with Crippen LogP contribution in [-0.4, -0.2) is 15.0 Å². The van der Waals surface area contributed by atoms with E-state index in [0.29, 0.717) is 0 Å². The van der Waals surface area contributed by atoms with Gasteiger partial charge in [-0.1, -0.05) is 0 Å². The zero-order valence-electron chi connectivity index (χ0n) is 7.72. The first-order valence-electron chi connectivity index (χ1n) is 4.50. The number of aromatic nitrogens is 3. The number of hydrogen-bond acceptors (Lipinski definition) is 3. The van der Waals surface area contributed by atoms with Crippen molar-refractivity contribution in [3.05, 3.63) is 48.3 Å². The van der Waals surface area contributed by atoms with Gasteiger partial charge in [0.25, 0.3) is 0 Å². The van der Waals surface area contributed by atoms with Gasteiger partial charge in [-0.3, -0.25) is 4.98 Å². The Morgan fingerprint density at radius 3 is 2.71 bits per heavy atom. The molecule has 2 aromatic rings. The van der Waals surface area contributed by atoms with Gasteiger partial charge in [0.2, 0.25) is 0 Å². The first-order valence-corrected chi connectivity index (χ1v) is 4.50. The van der Waals surface area contributed by atoms with E-state index < -0.39 is 0 Å². The third-order valence-corrected chi connectivity index (χ3v) is 2.08. The summed E-state index contributed by atoms with van der Waals surface area (Å²) < 4.78 is 0. The van der Waals surface area contributed by atoms with Crippen LogP contribution < -0.4 is 5.73 Å². The Morgan fingerprint density at radius 1 is 1.29 bits per heavy atom. The molecule has 0 radical (unpaired) electrons. The van der Waals surface area contributed by atoms with Crippen LogP contribution in [-0.2, 0) is 6.42 Å². The van der Waals surface area contributed by atoms with Crippen LogP contribution in [0.5, 0.6) is 0 Å². The largest absolute Gasteiger partial charge is 0.347 e. The lowest BCUT2D eigenvalue weighted by molar-refractivity contribution is 0.677. The minimum absolute atomic E-state index is 0.0765. The highest BCUT2D eigenvalue weighted by Crippen LogP contribution is 2.10. The first-order chi connectivity index (χ1) is 6.86. The fourth-order valence-corrected chi connectivity index (χ4v) is 1.35. The molecule has 14 heavy (non-hydrogen) atoms. The van der Waals surface area contributed by atoms with Crippen LogP contribution in [0.4, 0.5) is 0 Å². The minimum atomic E-state index is -0.0765. The normalized spacial score (nSPS) is 12.6. The van der Waals surface area contributed by atoms with Gasteiger partial charge in [-0.05, 0) is 24.1 Å². The van der Waals surface area contributed by atoms with Gasteiger partial charge in [0.15, 0.2) is 0 Å². The van der Waals surface area contributed by atoms with Gasteiger partial charge in [-0.15, -0.1) is 0 Å². The molecule has 72 valence electrons. The smallest absolute Gasteiger partial charge is 0.123 e. The molecule has 1 unspecified atom stereocenters. The van der Waals surface area contributed by atoms with Gasteiger partial charge < -0.3 is 10.7 Å². The number of nitrogens with one attached hydrogen (secondary N) is 1. The van der Waals surface area contributed by atoms with Gasteiger partial charge in [0.1, 0.15) is 5.82 Å². The molecule has 0 saturated carbocycles. The summed E-state index contributed by atoms with van der Waals surface area (Å²) in [6, 6.07) is 3.85. The summed E-state index contributed by atoms with van der Waals surface area (Å²) in [6.45, 7) is 0. The fraction of sp³-hybridized carbons (Fsp3) is 0.200. The van der Waals surface area contributed by atoms with Crippen molar-refractivity contribution < 1.29 is 0 Å². The molecule has 3 N–H and O–H groups in total. The van der Waals surface area contributed by atoms with Crippen molar-refractivity contribution in [2.24, 2.45) is 5.73 Å². The average molecular weight is 188 g/mol. The van der Waals surface area contributed by atoms with E-state index in [1.165, 1.54) is 5.56 Å². The predicted octanol–water partition coefficient (Wildman–Crippen LogP) is 1.05. The number of nitrogens with two attached hydrogens (primary N) is 1. The van der Waals surface area contributed by atoms with Crippen molar-refractivity contribution in [1.29, 1.82) is 0 Å². The average Bonchev–Trinajstić information content (AvgIpc) is 2.72. The van der Waals surface area contributed by atoms with E-state index >= 15 is 0 Å². The van der Waals surface area contributed by atoms with Crippen molar-refractivity contribution in [2.45, 2.75) is 12.5 Å². The Bertz CT molecular complexity index is 368. The fourth-order valence-electron chi connectivity index (χ4n) is 1.35. The molecule has 4 nitrogen and oxygen atoms in total. The molecular weight excluding hydrogens is 176 g/mol. The number of rotatable bonds is 3. The molecule has 0 aliphatic heterocycles. The summed E-state index contributed by atoms with van der Waals surface area (Å²) in [5, 5.41) is 0. The van der Waals surface area contributed by atoms with Crippen LogP contribution in [0.15, 0.2) is 36.9 Å². The maximum atomic E-state index is 5.96. The van der Waals surface area contributed by atoms with Crippen molar-refractivity contribution in [1.82, 2.24) is 15.0 Å². The van der Waals surface area contributed by atoms with Crippen LogP contribution in [0.1, 0.15) is 17.4 Å². The molecule has 0 bridgehead atoms. The molecule has 0 aliphatic carbocycles. The topological polar surface area (TPSA) is 67.6 Å². The Balaban J connectivity index is 2.06. The molecule has 2 rings (SSSR count). The highest BCUT2D eigenvalue weighted by Gasteiger charge is 2.08. The minimum Gasteiger partial charge on any atom is -0.347 e. The van der Waals surface area contributed by atoms with Gasteiger partial charge >= 0.3 is 0 Å². The number of imidazole rings is 1. The van der Waals surface area contributed by atoms with Crippen LogP contribution in [0.25, 0.3) is 0 Å². The Morgan fingerprint density at radius 2 is 2.07 bits per heavy atom. The second-order valence-electron chi connectivity index (χ2n) is 3.14. The van der Waals surface area contributed by atoms with Crippen LogP contribution in [0, 0.1) is 0 Å². The summed E-state index contributed by atoms with van der Waals surface area (Å²) in [5.74, 6) is 0.821. The summed E-state index contributed by atoms with van der Waals surface area (Å²) in [5.41, 5.74) is 7.13. The lowest BCUT2D eigenvalue weighted by Gasteiger charge is -2.07. The van der Waals surface area contributed by atoms with Crippen LogP contribution in [0.3, 0.4) is 0 Å². The SMILES string of the molecule is NC(Cc1ccncc1)c1ncc[nH]1. The predicted molar refractivity (Wildman–Crippen MR) is 53.5 cm³/mol. The van der Waals surface area contributed by atoms with Crippen molar-refractivity contribution in [3.63, 3.8) is 0 Å². The number of aromatic amines is 1. The van der Waals surface area contributed by atoms with E-state index in [-0.39, 0.29) is 6.04 Å². The molecule has 0 saturated heterocycles. The lowest BCUT2D eigenvalue weighted by Crippen LogP contribution is -2.14. The molecular formula is C10H12N4. The molecule has 0 aliphatic rings. The molecule has 4 heteroatoms. The van der Waals surface area contributed by atoms with E-state index in [0.717, 1.165) is 12.2 Å². The first kappa shape index (κ1) is 8.90. The van der Waals surface area contributed by atoms with Crippen molar-refractivity contribution in [2.75, 3.05) is 0 Å². The second-order valence-corrected chi connectivity index (χ2v) is 3.14. The Labute approximate surface area is 82.2 Å². The molecule has 2 aromatic heterocycles. The molecule has 0 fully saturated rings. The third-order valence-electron chi connectivity index (χ3n) is 2.08. The van der Waals surface area contributed by atoms with Crippen LogP contribution >= 0.6 is 0 Å². The number of pyridine rings is 1. The zero-order chi connectivity index (χ0) is 9.80. The van der Waals surface area contributed by atoms with E-state index in [2.05, 4.69) is 15.0 Å². The maximum absolute atomic E-state index is 5.96. The standard InChI is InChI=1S/C10H12N4/c11-9(10-13-5-6-14-10)7-8-1-3-12-4-2-8/h1-6,9H,7,11H2,(H,13,14). The molecule has 0 aromatic carbocycles. The Kier molecular flexibility index (Phi) is 2.55. The van der Waals surface area contributed by atoms with Crippen molar-refractivity contribution in [3.8, 4) is 0 Å². The molecule has 0 spiro atoms. The summed E-state index contributed by atoms with van der Waals surface area (Å²) in [4.78, 5) is 11.1. The number of hydrogen-bond donors (Lipinski definition) is 2. The van der Waals surface area contributed by atoms with Gasteiger partial charge in [0, 0.05) is 24.8 Å². The number of H-pyrrole nitrogens is 1. The highest BCUT2D eigenvalue weighted by atomic mass is 14.9. The Hall–Kier alpha value is -1.68. The van der Waals surface area contributed by atoms with Gasteiger partial charge in [0.05, 0.1) is 6.04 Å². The molecule has 0 amide bonds. The number of nitrogens with zero attached hydrogens (tertiary/aromatic N) is 2. The molecule has 2 heterocycles. The summed E-state index contributed by atoms with van der Waals surface area (Å²) in [7, 11) is 0. The van der Waals surface area contributed by atoms with Gasteiger partial charge in [-0.2, -0.15) is 0 Å².